The highest BCUT2D eigenvalue weighted by molar-refractivity contribution is 8.01. The summed E-state index contributed by atoms with van der Waals surface area (Å²) in [4.78, 5) is 0. The molecule has 3 heteroatoms. The van der Waals surface area contributed by atoms with Crippen molar-refractivity contribution < 1.29 is 10.2 Å². The lowest BCUT2D eigenvalue weighted by Gasteiger charge is -2.31. The van der Waals surface area contributed by atoms with Gasteiger partial charge in [-0.05, 0) is 6.42 Å². The summed E-state index contributed by atoms with van der Waals surface area (Å²) in [6.45, 7) is 0.530. The Kier molecular flexibility index (Phi) is 2.16. The molecular weight excluding hydrogens is 124 g/mol. The van der Waals surface area contributed by atoms with Gasteiger partial charge in [-0.1, -0.05) is 0 Å². The standard InChI is InChI=1S/C5H10O2S/c6-2-4-1-5(3-7)8-4/h4-7H,1-3H2/t4-,5-/m1/s1. The molecule has 1 heterocycles. The van der Waals surface area contributed by atoms with Gasteiger partial charge in [0.1, 0.15) is 0 Å². The van der Waals surface area contributed by atoms with Crippen molar-refractivity contribution >= 4 is 11.8 Å². The first kappa shape index (κ1) is 6.39. The minimum Gasteiger partial charge on any atom is -0.395 e. The van der Waals surface area contributed by atoms with Gasteiger partial charge in [0.05, 0.1) is 13.2 Å². The summed E-state index contributed by atoms with van der Waals surface area (Å²) in [5, 5.41) is 17.8. The SMILES string of the molecule is OC[C@H]1C[C@H](CO)S1. The zero-order valence-corrected chi connectivity index (χ0v) is 5.40. The Balaban J connectivity index is 2.03. The van der Waals surface area contributed by atoms with Crippen LogP contribution in [0.15, 0.2) is 0 Å². The fourth-order valence-corrected chi connectivity index (χ4v) is 1.83. The fraction of sp³-hybridized carbons (Fsp3) is 1.00. The van der Waals surface area contributed by atoms with Crippen LogP contribution in [0, 0.1) is 0 Å². The molecule has 0 spiro atoms. The van der Waals surface area contributed by atoms with Crippen LogP contribution in [0.2, 0.25) is 0 Å². The van der Waals surface area contributed by atoms with Crippen molar-refractivity contribution in [3.05, 3.63) is 0 Å². The second kappa shape index (κ2) is 2.71. The van der Waals surface area contributed by atoms with E-state index in [0.717, 1.165) is 6.42 Å². The van der Waals surface area contributed by atoms with Crippen LogP contribution in [-0.2, 0) is 0 Å². The molecule has 0 aromatic carbocycles. The molecule has 0 radical (unpaired) electrons. The number of aliphatic hydroxyl groups excluding tert-OH is 2. The van der Waals surface area contributed by atoms with Crippen LogP contribution >= 0.6 is 11.8 Å². The maximum absolute atomic E-state index is 8.50. The van der Waals surface area contributed by atoms with E-state index in [9.17, 15) is 0 Å². The van der Waals surface area contributed by atoms with Crippen molar-refractivity contribution in [2.75, 3.05) is 13.2 Å². The van der Waals surface area contributed by atoms with Crippen molar-refractivity contribution in [1.29, 1.82) is 0 Å². The first-order valence-corrected chi connectivity index (χ1v) is 3.68. The molecule has 48 valence electrons. The van der Waals surface area contributed by atoms with Gasteiger partial charge < -0.3 is 10.2 Å². The molecule has 0 amide bonds. The van der Waals surface area contributed by atoms with E-state index in [1.54, 1.807) is 11.8 Å². The van der Waals surface area contributed by atoms with E-state index in [0.29, 0.717) is 10.5 Å². The van der Waals surface area contributed by atoms with Crippen LogP contribution in [0.25, 0.3) is 0 Å². The summed E-state index contributed by atoms with van der Waals surface area (Å²) in [5.74, 6) is 0. The van der Waals surface area contributed by atoms with Gasteiger partial charge in [-0.15, -0.1) is 0 Å². The molecule has 1 saturated heterocycles. The monoisotopic (exact) mass is 134 g/mol. The molecule has 2 N–H and O–H groups in total. The van der Waals surface area contributed by atoms with Crippen molar-refractivity contribution in [3.8, 4) is 0 Å². The lowest BCUT2D eigenvalue weighted by molar-refractivity contribution is 0.251. The minimum atomic E-state index is 0.265. The summed E-state index contributed by atoms with van der Waals surface area (Å²) in [6, 6.07) is 0. The molecule has 1 aliphatic heterocycles. The molecule has 0 bridgehead atoms. The third-order valence-corrected chi connectivity index (χ3v) is 2.77. The van der Waals surface area contributed by atoms with Gasteiger partial charge in [0.25, 0.3) is 0 Å². The third-order valence-electron chi connectivity index (χ3n) is 1.32. The molecule has 0 aromatic rings. The van der Waals surface area contributed by atoms with Crippen LogP contribution in [0.1, 0.15) is 6.42 Å². The van der Waals surface area contributed by atoms with E-state index in [1.807, 2.05) is 0 Å². The Morgan fingerprint density at radius 2 is 1.62 bits per heavy atom. The molecule has 1 fully saturated rings. The molecule has 0 unspecified atom stereocenters. The van der Waals surface area contributed by atoms with Crippen LogP contribution < -0.4 is 0 Å². The van der Waals surface area contributed by atoms with Gasteiger partial charge >= 0.3 is 0 Å². The van der Waals surface area contributed by atoms with Crippen LogP contribution in [0.5, 0.6) is 0 Å². The van der Waals surface area contributed by atoms with Crippen molar-refractivity contribution in [1.82, 2.24) is 0 Å². The van der Waals surface area contributed by atoms with Gasteiger partial charge in [-0.2, -0.15) is 11.8 Å². The highest BCUT2D eigenvalue weighted by atomic mass is 32.2. The fourth-order valence-electron chi connectivity index (χ4n) is 0.789. The second-order valence-corrected chi connectivity index (χ2v) is 3.59. The normalized spacial score (nSPS) is 36.8. The number of aliphatic hydroxyl groups is 2. The zero-order chi connectivity index (χ0) is 5.98. The van der Waals surface area contributed by atoms with Crippen molar-refractivity contribution in [3.63, 3.8) is 0 Å². The molecule has 0 saturated carbocycles. The summed E-state index contributed by atoms with van der Waals surface area (Å²) >= 11 is 1.67. The smallest absolute Gasteiger partial charge is 0.0550 e. The Hall–Kier alpha value is 0.270. The molecule has 0 aromatic heterocycles. The predicted molar refractivity (Wildman–Crippen MR) is 34.0 cm³/mol. The second-order valence-electron chi connectivity index (χ2n) is 1.98. The number of hydrogen-bond donors (Lipinski definition) is 2. The molecule has 2 atom stereocenters. The average Bonchev–Trinajstić information content (AvgIpc) is 1.65. The third kappa shape index (κ3) is 1.16. The average molecular weight is 134 g/mol. The Morgan fingerprint density at radius 3 is 1.88 bits per heavy atom. The quantitative estimate of drug-likeness (QED) is 0.551. The van der Waals surface area contributed by atoms with Gasteiger partial charge in [-0.25, -0.2) is 0 Å². The van der Waals surface area contributed by atoms with Crippen molar-refractivity contribution in [2.24, 2.45) is 0 Å². The number of thioether (sulfide) groups is 1. The van der Waals surface area contributed by atoms with Crippen LogP contribution in [-0.4, -0.2) is 33.9 Å². The molecule has 0 aliphatic carbocycles. The molecule has 8 heavy (non-hydrogen) atoms. The van der Waals surface area contributed by atoms with E-state index in [4.69, 9.17) is 10.2 Å². The highest BCUT2D eigenvalue weighted by Crippen LogP contribution is 2.35. The first-order chi connectivity index (χ1) is 3.86. The van der Waals surface area contributed by atoms with Gasteiger partial charge in [-0.3, -0.25) is 0 Å². The summed E-state index contributed by atoms with van der Waals surface area (Å²) in [6.07, 6.45) is 0.984. The molecule has 2 nitrogen and oxygen atoms in total. The Labute approximate surface area is 52.9 Å². The van der Waals surface area contributed by atoms with Crippen molar-refractivity contribution in [2.45, 2.75) is 16.9 Å². The maximum Gasteiger partial charge on any atom is 0.0550 e. The number of hydrogen-bond acceptors (Lipinski definition) is 3. The topological polar surface area (TPSA) is 40.5 Å². The lowest BCUT2D eigenvalue weighted by Crippen LogP contribution is -2.31. The lowest BCUT2D eigenvalue weighted by atomic mass is 10.2. The van der Waals surface area contributed by atoms with Gasteiger partial charge in [0.2, 0.25) is 0 Å². The molecule has 1 rings (SSSR count). The van der Waals surface area contributed by atoms with E-state index in [2.05, 4.69) is 0 Å². The Bertz CT molecular complexity index is 62.8. The highest BCUT2D eigenvalue weighted by Gasteiger charge is 2.27. The van der Waals surface area contributed by atoms with E-state index < -0.39 is 0 Å². The minimum absolute atomic E-state index is 0.265. The van der Waals surface area contributed by atoms with E-state index in [-0.39, 0.29) is 13.2 Å². The van der Waals surface area contributed by atoms with E-state index in [1.165, 1.54) is 0 Å². The molecular formula is C5H10O2S. The summed E-state index contributed by atoms with van der Waals surface area (Å²) in [7, 11) is 0. The summed E-state index contributed by atoms with van der Waals surface area (Å²) < 4.78 is 0. The summed E-state index contributed by atoms with van der Waals surface area (Å²) in [5.41, 5.74) is 0. The zero-order valence-electron chi connectivity index (χ0n) is 4.58. The largest absolute Gasteiger partial charge is 0.395 e. The van der Waals surface area contributed by atoms with E-state index >= 15 is 0 Å². The van der Waals surface area contributed by atoms with Crippen LogP contribution in [0.4, 0.5) is 0 Å². The maximum atomic E-state index is 8.50. The van der Waals surface area contributed by atoms with Gasteiger partial charge in [0, 0.05) is 10.5 Å². The predicted octanol–water partition coefficient (Wildman–Crippen LogP) is -0.155. The first-order valence-electron chi connectivity index (χ1n) is 2.74. The molecule has 1 aliphatic rings. The Morgan fingerprint density at radius 1 is 1.25 bits per heavy atom. The number of rotatable bonds is 2. The van der Waals surface area contributed by atoms with Crippen LogP contribution in [0.3, 0.4) is 0 Å². The van der Waals surface area contributed by atoms with Gasteiger partial charge in [0.15, 0.2) is 0 Å².